The Morgan fingerprint density at radius 2 is 0.421 bits per heavy atom. The van der Waals surface area contributed by atoms with Gasteiger partial charge in [0.25, 0.3) is 0 Å². The number of ether oxygens (including phenoxy) is 12. The molecule has 145 heavy (non-hydrogen) atoms. The Morgan fingerprint density at radius 3 is 0.641 bits per heavy atom. The van der Waals surface area contributed by atoms with Crippen molar-refractivity contribution in [3.05, 3.63) is 0 Å². The van der Waals surface area contributed by atoms with Crippen LogP contribution in [0.5, 0.6) is 0 Å². The van der Waals surface area contributed by atoms with Crippen LogP contribution in [0.3, 0.4) is 0 Å². The Hall–Kier alpha value is -4.46. The molecule has 0 aliphatic carbocycles. The summed E-state index contributed by atoms with van der Waals surface area (Å²) >= 11 is 9.30. The van der Waals surface area contributed by atoms with Crippen molar-refractivity contribution in [3.63, 3.8) is 0 Å². The van der Waals surface area contributed by atoms with Gasteiger partial charge in [-0.1, -0.05) is 273 Å². The molecule has 0 saturated carbocycles. The average molecular weight is 2170 g/mol. The van der Waals surface area contributed by atoms with Crippen LogP contribution in [-0.4, -0.2) is 341 Å². The van der Waals surface area contributed by atoms with Crippen molar-refractivity contribution in [2.45, 2.75) is 392 Å². The van der Waals surface area contributed by atoms with Crippen LogP contribution < -0.4 is 0 Å². The van der Waals surface area contributed by atoms with Crippen LogP contribution in [0.25, 0.3) is 0 Å². The Labute approximate surface area is 902 Å². The van der Waals surface area contributed by atoms with Crippen LogP contribution in [0, 0.1) is 11.8 Å². The molecule has 0 aromatic carbocycles. The molecule has 1 aliphatic rings. The molecule has 1 fully saturated rings. The van der Waals surface area contributed by atoms with Crippen molar-refractivity contribution in [1.82, 2.24) is 24.5 Å². The molecule has 29 nitrogen and oxygen atoms in total. The highest BCUT2D eigenvalue weighted by atomic mass is 32.2. The van der Waals surface area contributed by atoms with Gasteiger partial charge in [-0.3, -0.25) is 57.5 Å². The van der Waals surface area contributed by atoms with E-state index in [1.165, 1.54) is 229 Å². The number of hydrogen-bond donors (Lipinski definition) is 0. The summed E-state index contributed by atoms with van der Waals surface area (Å²) in [5.74, 6) is -0.876. The molecular weight excluding hydrogens is 1970 g/mol. The van der Waals surface area contributed by atoms with Crippen LogP contribution in [0.4, 0.5) is 0 Å². The van der Waals surface area contributed by atoms with Crippen molar-refractivity contribution >= 4 is 142 Å². The molecule has 0 radical (unpaired) electrons. The van der Waals surface area contributed by atoms with Gasteiger partial charge in [-0.2, -0.15) is 23.5 Å². The smallest absolute Gasteiger partial charge is 0.318 e. The van der Waals surface area contributed by atoms with E-state index in [0.29, 0.717) is 55.7 Å². The summed E-state index contributed by atoms with van der Waals surface area (Å²) in [5.41, 5.74) is 0. The Balaban J connectivity index is 2.79. The molecule has 0 spiro atoms. The highest BCUT2D eigenvalue weighted by Crippen LogP contribution is 2.24. The SMILES string of the molecule is CCCCCCCCCCCCSC(C)C(=O)OCCOC(=O)CCN(CCSCC(C)C(=O)OCCOC(=O)CCN(CCCN1CCN(C)CC1)CCC(=O)OCCOC(=O)C(C)CSCCN(CCC(=O)OCCOC(=O)C(C)SCCCCCCCCCCCC)CCC(=O)OCCOC(=O)C(C)SCCCCCCCCCCCC)CCC(=O)OCCOC(=O)C(C)SCCCCCCCCCCCC. The van der Waals surface area contributed by atoms with Crippen LogP contribution in [-0.2, 0) is 114 Å². The van der Waals surface area contributed by atoms with Crippen molar-refractivity contribution in [3.8, 4) is 0 Å². The maximum atomic E-state index is 13.2. The lowest BCUT2D eigenvalue weighted by atomic mass is 10.1. The lowest BCUT2D eigenvalue weighted by Gasteiger charge is -2.33. The average Bonchev–Trinajstić information content (AvgIpc) is 0.922. The quantitative estimate of drug-likeness (QED) is 0.0310. The molecule has 6 atom stereocenters. The Bertz CT molecular complexity index is 2910. The molecule has 1 aliphatic heterocycles. The predicted molar refractivity (Wildman–Crippen MR) is 595 cm³/mol. The monoisotopic (exact) mass is 2170 g/mol. The predicted octanol–water partition coefficient (Wildman–Crippen LogP) is 21.3. The molecular formula is C110H201N5O24S6. The number of piperazine rings is 1. The highest BCUT2D eigenvalue weighted by molar-refractivity contribution is 8.01. The van der Waals surface area contributed by atoms with Gasteiger partial charge in [0.2, 0.25) is 0 Å². The largest absolute Gasteiger partial charge is 0.462 e. The summed E-state index contributed by atoms with van der Waals surface area (Å²) < 4.78 is 65.7. The zero-order valence-corrected chi connectivity index (χ0v) is 97.1. The first-order valence-electron chi connectivity index (χ1n) is 56.5. The summed E-state index contributed by atoms with van der Waals surface area (Å²) in [5, 5.41) is -1.33. The van der Waals surface area contributed by atoms with E-state index >= 15 is 0 Å². The fraction of sp³-hybridized carbons (Fsp3) is 0.891. The third-order valence-corrected chi connectivity index (χ3v) is 32.6. The fourth-order valence-corrected chi connectivity index (χ4v) is 21.6. The van der Waals surface area contributed by atoms with Gasteiger partial charge in [0.05, 0.1) is 71.4 Å². The number of rotatable bonds is 104. The maximum Gasteiger partial charge on any atom is 0.318 e. The zero-order chi connectivity index (χ0) is 106. The molecule has 0 aromatic rings. The topological polar surface area (TPSA) is 332 Å². The first kappa shape index (κ1) is 139. The second-order valence-corrected chi connectivity index (χ2v) is 46.7. The van der Waals surface area contributed by atoms with Crippen LogP contribution in [0.15, 0.2) is 0 Å². The van der Waals surface area contributed by atoms with Crippen molar-refractivity contribution < 1.29 is 114 Å². The van der Waals surface area contributed by atoms with E-state index in [4.69, 9.17) is 56.8 Å². The van der Waals surface area contributed by atoms with E-state index in [1.54, 1.807) is 60.9 Å². The summed E-state index contributed by atoms with van der Waals surface area (Å²) in [7, 11) is 2.10. The van der Waals surface area contributed by atoms with Gasteiger partial charge in [0.15, 0.2) is 0 Å². The number of likely N-dealkylation sites (N-methyl/N-ethyl adjacent to an activating group) is 1. The molecule has 1 rings (SSSR count). The summed E-state index contributed by atoms with van der Waals surface area (Å²) in [6, 6.07) is 0. The van der Waals surface area contributed by atoms with Gasteiger partial charge < -0.3 is 81.3 Å². The first-order chi connectivity index (χ1) is 70.3. The number of thioether (sulfide) groups is 6. The number of hydrogen-bond acceptors (Lipinski definition) is 35. The van der Waals surface area contributed by atoms with E-state index in [-0.39, 0.29) is 189 Å². The van der Waals surface area contributed by atoms with Gasteiger partial charge in [0.1, 0.15) is 79.3 Å². The molecule has 0 amide bonds. The maximum absolute atomic E-state index is 13.2. The number of esters is 12. The molecule has 6 unspecified atom stereocenters. The van der Waals surface area contributed by atoms with Crippen LogP contribution in [0.1, 0.15) is 371 Å². The minimum absolute atomic E-state index is 0.00813. The summed E-state index contributed by atoms with van der Waals surface area (Å²) in [4.78, 5) is 167. The Kier molecular flexibility index (Phi) is 95.7. The van der Waals surface area contributed by atoms with Gasteiger partial charge in [0, 0.05) is 102 Å². The summed E-state index contributed by atoms with van der Waals surface area (Å²) in [6.07, 6.45) is 50.7. The van der Waals surface area contributed by atoms with E-state index in [1.807, 2.05) is 42.4 Å². The van der Waals surface area contributed by atoms with Crippen LogP contribution >= 0.6 is 70.6 Å². The van der Waals surface area contributed by atoms with Crippen LogP contribution in [0.2, 0.25) is 0 Å². The zero-order valence-electron chi connectivity index (χ0n) is 92.2. The minimum atomic E-state index is -0.517. The van der Waals surface area contributed by atoms with Crippen molar-refractivity contribution in [1.29, 1.82) is 0 Å². The third kappa shape index (κ3) is 87.7. The van der Waals surface area contributed by atoms with E-state index in [2.05, 4.69) is 44.5 Å². The lowest BCUT2D eigenvalue weighted by Crippen LogP contribution is -2.45. The molecule has 0 N–H and O–H groups in total. The van der Waals surface area contributed by atoms with E-state index in [9.17, 15) is 57.5 Å². The lowest BCUT2D eigenvalue weighted by molar-refractivity contribution is -0.154. The van der Waals surface area contributed by atoms with Crippen molar-refractivity contribution in [2.24, 2.45) is 11.8 Å². The first-order valence-corrected chi connectivity index (χ1v) is 63.0. The number of carbonyl (C=O) groups excluding carboxylic acids is 12. The van der Waals surface area contributed by atoms with E-state index in [0.717, 1.165) is 114 Å². The molecule has 35 heteroatoms. The molecule has 1 heterocycles. The standard InChI is InChI=1S/C110H201N5O24S6/c1-12-16-20-24-28-32-36-40-44-48-85-142-95(7)107(124)136-81-75-130-101(118)55-63-114(64-56-102(119)131-76-82-137-108(125)96(8)143-86-49-45-41-37-33-29-25-21-17-13-2)71-89-140-91-93(5)105(122)134-79-73-128-99(116)53-61-112(59-52-60-113-69-67-111(11)68-70-113)62-54-100(117)129-74-80-135-106(123)94(6)92-141-90-72-115(65-57-103(120)132-77-83-138-109(126)97(9)144-87-50-46-42-38-34-30-26-22-18-14-3)66-58-104(121)133-78-84-139-110(127)98(10)145-88-51-47-43-39-35-31-27-23-19-15-4/h93-98H,12-92H2,1-11H3. The minimum Gasteiger partial charge on any atom is -0.462 e. The molecule has 1 saturated heterocycles. The number of unbranched alkanes of at least 4 members (excludes halogenated alkanes) is 36. The number of carbonyl (C=O) groups is 12. The van der Waals surface area contributed by atoms with Crippen molar-refractivity contribution in [2.75, 3.05) is 224 Å². The van der Waals surface area contributed by atoms with Gasteiger partial charge in [-0.25, -0.2) is 0 Å². The fourth-order valence-electron chi connectivity index (χ4n) is 15.8. The molecule has 846 valence electrons. The van der Waals surface area contributed by atoms with Gasteiger partial charge in [-0.15, -0.1) is 47.0 Å². The van der Waals surface area contributed by atoms with Gasteiger partial charge in [-0.05, 0) is 103 Å². The second kappa shape index (κ2) is 100. The third-order valence-electron chi connectivity index (χ3n) is 25.3. The van der Waals surface area contributed by atoms with Gasteiger partial charge >= 0.3 is 71.6 Å². The normalized spacial score (nSPS) is 13.6. The molecule has 0 aromatic heterocycles. The van der Waals surface area contributed by atoms with E-state index < -0.39 is 59.6 Å². The number of nitrogens with zero attached hydrogens (tertiary/aromatic N) is 5. The highest BCUT2D eigenvalue weighted by Gasteiger charge is 2.25. The Morgan fingerprint density at radius 1 is 0.228 bits per heavy atom. The molecule has 0 bridgehead atoms. The second-order valence-electron chi connectivity index (χ2n) is 38.6. The summed E-state index contributed by atoms with van der Waals surface area (Å²) in [6.45, 7) is 26.4.